The van der Waals surface area contributed by atoms with Crippen molar-refractivity contribution in [3.05, 3.63) is 0 Å². The number of hydrogen-bond acceptors (Lipinski definition) is 5. The second kappa shape index (κ2) is 16.7. The summed E-state index contributed by atoms with van der Waals surface area (Å²) < 4.78 is 32.6. The van der Waals surface area contributed by atoms with Crippen LogP contribution in [0.1, 0.15) is 91.4 Å². The Balaban J connectivity index is 0. The highest BCUT2D eigenvalue weighted by atomic mass is 32.3. The van der Waals surface area contributed by atoms with Crippen LogP contribution in [0.15, 0.2) is 0 Å². The third-order valence-corrected chi connectivity index (χ3v) is 4.80. The van der Waals surface area contributed by atoms with Crippen molar-refractivity contribution in [1.82, 2.24) is 6.15 Å². The van der Waals surface area contributed by atoms with Gasteiger partial charge in [-0.25, -0.2) is 8.37 Å². The van der Waals surface area contributed by atoms with Crippen molar-refractivity contribution in [3.63, 3.8) is 0 Å². The third kappa shape index (κ3) is 18.0. The fourth-order valence-electron chi connectivity index (χ4n) is 2.10. The summed E-state index contributed by atoms with van der Waals surface area (Å²) in [4.78, 5) is 0. The summed E-state index contributed by atoms with van der Waals surface area (Å²) in [5.74, 6) is 0.232. The Morgan fingerprint density at radius 2 is 1.26 bits per heavy atom. The second-order valence-electron chi connectivity index (χ2n) is 6.21. The summed E-state index contributed by atoms with van der Waals surface area (Å²) in [5, 5.41) is 0. The molecule has 0 spiro atoms. The van der Waals surface area contributed by atoms with Crippen molar-refractivity contribution >= 4 is 10.4 Å². The van der Waals surface area contributed by atoms with Crippen LogP contribution in [0.2, 0.25) is 0 Å². The molecule has 0 rings (SSSR count). The molecule has 1 atom stereocenters. The smallest absolute Gasteiger partial charge is 0.344 e. The van der Waals surface area contributed by atoms with Gasteiger partial charge in [-0.2, -0.15) is 8.42 Å². The highest BCUT2D eigenvalue weighted by molar-refractivity contribution is 7.81. The van der Waals surface area contributed by atoms with Crippen LogP contribution < -0.4 is 6.15 Å². The van der Waals surface area contributed by atoms with Crippen molar-refractivity contribution < 1.29 is 16.8 Å². The molecule has 142 valence electrons. The monoisotopic (exact) mass is 353 g/mol. The molecular formula is C17H39NO4S. The molecule has 0 bridgehead atoms. The average molecular weight is 354 g/mol. The maximum absolute atomic E-state index is 11.5. The van der Waals surface area contributed by atoms with Crippen LogP contribution in [0.25, 0.3) is 0 Å². The summed E-state index contributed by atoms with van der Waals surface area (Å²) in [7, 11) is -3.80. The Bertz CT molecular complexity index is 333. The number of rotatable bonds is 16. The van der Waals surface area contributed by atoms with E-state index in [4.69, 9.17) is 8.37 Å². The van der Waals surface area contributed by atoms with Crippen molar-refractivity contribution in [3.8, 4) is 0 Å². The molecule has 0 aliphatic rings. The fraction of sp³-hybridized carbons (Fsp3) is 1.00. The highest BCUT2D eigenvalue weighted by Crippen LogP contribution is 2.11. The average Bonchev–Trinajstić information content (AvgIpc) is 2.50. The summed E-state index contributed by atoms with van der Waals surface area (Å²) in [6.45, 7) is 6.64. The molecule has 0 radical (unpaired) electrons. The predicted molar refractivity (Wildman–Crippen MR) is 97.1 cm³/mol. The summed E-state index contributed by atoms with van der Waals surface area (Å²) in [6.07, 6.45) is 13.1. The fourth-order valence-corrected chi connectivity index (χ4v) is 2.89. The van der Waals surface area contributed by atoms with Gasteiger partial charge in [0.1, 0.15) is 0 Å². The van der Waals surface area contributed by atoms with Crippen LogP contribution in [0.5, 0.6) is 0 Å². The lowest BCUT2D eigenvalue weighted by Gasteiger charge is -2.09. The summed E-state index contributed by atoms with van der Waals surface area (Å²) >= 11 is 0. The molecule has 0 aromatic carbocycles. The lowest BCUT2D eigenvalue weighted by molar-refractivity contribution is 0.189. The third-order valence-electron chi connectivity index (χ3n) is 3.92. The molecule has 0 aliphatic heterocycles. The SMILES string of the molecule is CCCCCCCCCCCCOS(=O)(=O)OCC(C)CC.N. The molecule has 3 N–H and O–H groups in total. The molecule has 5 nitrogen and oxygen atoms in total. The van der Waals surface area contributed by atoms with E-state index in [9.17, 15) is 8.42 Å². The predicted octanol–water partition coefficient (Wildman–Crippen LogP) is 5.39. The van der Waals surface area contributed by atoms with Crippen LogP contribution in [-0.2, 0) is 18.8 Å². The van der Waals surface area contributed by atoms with E-state index in [0.717, 1.165) is 25.7 Å². The van der Waals surface area contributed by atoms with E-state index in [-0.39, 0.29) is 25.3 Å². The van der Waals surface area contributed by atoms with Crippen LogP contribution in [-0.4, -0.2) is 21.6 Å². The first-order valence-corrected chi connectivity index (χ1v) is 10.4. The zero-order valence-corrected chi connectivity index (χ0v) is 16.3. The molecule has 0 saturated carbocycles. The first kappa shape index (κ1) is 25.1. The van der Waals surface area contributed by atoms with E-state index < -0.39 is 10.4 Å². The van der Waals surface area contributed by atoms with Gasteiger partial charge in [0.15, 0.2) is 0 Å². The number of unbranched alkanes of at least 4 members (excludes halogenated alkanes) is 9. The van der Waals surface area contributed by atoms with E-state index in [1.54, 1.807) is 0 Å². The van der Waals surface area contributed by atoms with Crippen LogP contribution in [0.3, 0.4) is 0 Å². The molecule has 0 aromatic rings. The molecular weight excluding hydrogens is 314 g/mol. The zero-order valence-electron chi connectivity index (χ0n) is 15.5. The topological polar surface area (TPSA) is 87.6 Å². The van der Waals surface area contributed by atoms with E-state index >= 15 is 0 Å². The van der Waals surface area contributed by atoms with Gasteiger partial charge in [0, 0.05) is 0 Å². The Morgan fingerprint density at radius 3 is 1.74 bits per heavy atom. The molecule has 1 unspecified atom stereocenters. The highest BCUT2D eigenvalue weighted by Gasteiger charge is 2.13. The standard InChI is InChI=1S/C17H36O4S.H3N/c1-4-6-7-8-9-10-11-12-13-14-15-20-22(18,19)21-16-17(3)5-2;/h17H,4-16H2,1-3H3;1H3. The molecule has 0 saturated heterocycles. The lowest BCUT2D eigenvalue weighted by Crippen LogP contribution is -2.15. The van der Waals surface area contributed by atoms with Gasteiger partial charge in [0.05, 0.1) is 13.2 Å². The molecule has 6 heteroatoms. The lowest BCUT2D eigenvalue weighted by atomic mass is 10.1. The maximum Gasteiger partial charge on any atom is 0.399 e. The first-order chi connectivity index (χ1) is 10.5. The van der Waals surface area contributed by atoms with Crippen LogP contribution in [0.4, 0.5) is 0 Å². The van der Waals surface area contributed by atoms with Gasteiger partial charge < -0.3 is 6.15 Å². The molecule has 0 fully saturated rings. The van der Waals surface area contributed by atoms with E-state index in [1.165, 1.54) is 44.9 Å². The minimum absolute atomic E-state index is 0. The molecule has 0 aliphatic carbocycles. The molecule has 23 heavy (non-hydrogen) atoms. The van der Waals surface area contributed by atoms with Gasteiger partial charge in [-0.05, 0) is 12.3 Å². The maximum atomic E-state index is 11.5. The Hall–Kier alpha value is -0.170. The Labute approximate surface area is 144 Å². The van der Waals surface area contributed by atoms with Gasteiger partial charge >= 0.3 is 10.4 Å². The van der Waals surface area contributed by atoms with Crippen molar-refractivity contribution in [2.75, 3.05) is 13.2 Å². The van der Waals surface area contributed by atoms with E-state index in [1.807, 2.05) is 13.8 Å². The van der Waals surface area contributed by atoms with Gasteiger partial charge in [-0.3, -0.25) is 0 Å². The minimum atomic E-state index is -3.80. The molecule has 0 heterocycles. The van der Waals surface area contributed by atoms with Gasteiger partial charge in [-0.15, -0.1) is 0 Å². The van der Waals surface area contributed by atoms with Crippen LogP contribution >= 0.6 is 0 Å². The van der Waals surface area contributed by atoms with Crippen LogP contribution in [0, 0.1) is 5.92 Å². The first-order valence-electron chi connectivity index (χ1n) is 9.05. The van der Waals surface area contributed by atoms with Crippen molar-refractivity contribution in [2.24, 2.45) is 5.92 Å². The summed E-state index contributed by atoms with van der Waals surface area (Å²) in [5.41, 5.74) is 0. The number of hydrogen-bond donors (Lipinski definition) is 1. The minimum Gasteiger partial charge on any atom is -0.344 e. The van der Waals surface area contributed by atoms with Gasteiger partial charge in [0.2, 0.25) is 0 Å². The Morgan fingerprint density at radius 1 is 0.783 bits per heavy atom. The van der Waals surface area contributed by atoms with Crippen molar-refractivity contribution in [2.45, 2.75) is 91.4 Å². The van der Waals surface area contributed by atoms with E-state index in [0.29, 0.717) is 0 Å². The second-order valence-corrected chi connectivity index (χ2v) is 7.50. The van der Waals surface area contributed by atoms with Crippen molar-refractivity contribution in [1.29, 1.82) is 0 Å². The normalized spacial score (nSPS) is 12.8. The zero-order chi connectivity index (χ0) is 16.7. The quantitative estimate of drug-likeness (QED) is 0.376. The van der Waals surface area contributed by atoms with Gasteiger partial charge in [-0.1, -0.05) is 85.0 Å². The van der Waals surface area contributed by atoms with Gasteiger partial charge in [0.25, 0.3) is 0 Å². The summed E-state index contributed by atoms with van der Waals surface area (Å²) in [6, 6.07) is 0. The van der Waals surface area contributed by atoms with E-state index in [2.05, 4.69) is 6.92 Å². The largest absolute Gasteiger partial charge is 0.399 e. The molecule has 0 aromatic heterocycles. The Kier molecular flexibility index (Phi) is 18.2. The molecule has 0 amide bonds.